The largest absolute Gasteiger partial charge is 0.300 e. The van der Waals surface area contributed by atoms with Crippen LogP contribution in [0, 0.1) is 15.9 Å². The van der Waals surface area contributed by atoms with Gasteiger partial charge in [0.25, 0.3) is 15.7 Å². The molecule has 0 atom stereocenters. The molecule has 0 fully saturated rings. The summed E-state index contributed by atoms with van der Waals surface area (Å²) in [5.74, 6) is -0.872. The van der Waals surface area contributed by atoms with Gasteiger partial charge < -0.3 is 0 Å². The van der Waals surface area contributed by atoms with E-state index < -0.39 is 30.7 Å². The minimum Gasteiger partial charge on any atom is -0.276 e. The molecule has 0 radical (unpaired) electrons. The van der Waals surface area contributed by atoms with Gasteiger partial charge >= 0.3 is 0 Å². The van der Waals surface area contributed by atoms with Crippen LogP contribution >= 0.6 is 34.5 Å². The van der Waals surface area contributed by atoms with Crippen molar-refractivity contribution in [3.05, 3.63) is 49.6 Å². The van der Waals surface area contributed by atoms with Gasteiger partial charge in [-0.2, -0.15) is 0 Å². The Hall–Kier alpha value is -1.42. The summed E-state index contributed by atoms with van der Waals surface area (Å²) >= 11 is 11.7. The molecule has 0 aliphatic heterocycles. The molecule has 1 aromatic heterocycles. The summed E-state index contributed by atoms with van der Waals surface area (Å²) in [6.45, 7) is 0. The maximum atomic E-state index is 13.6. The molecule has 21 heavy (non-hydrogen) atoms. The second-order valence-corrected chi connectivity index (χ2v) is 7.71. The zero-order chi connectivity index (χ0) is 15.8. The number of halogens is 3. The number of sulfonamides is 1. The molecule has 0 spiro atoms. The minimum atomic E-state index is -4.19. The first-order chi connectivity index (χ1) is 9.70. The van der Waals surface area contributed by atoms with Crippen molar-refractivity contribution in [3.8, 4) is 0 Å². The molecule has 11 heteroatoms. The molecule has 112 valence electrons. The Labute approximate surface area is 132 Å². The Morgan fingerprint density at radius 2 is 1.95 bits per heavy atom. The average molecular weight is 371 g/mol. The first kappa shape index (κ1) is 16.0. The Bertz CT molecular complexity index is 822. The fourth-order valence-electron chi connectivity index (χ4n) is 1.36. The third-order valence-electron chi connectivity index (χ3n) is 2.28. The summed E-state index contributed by atoms with van der Waals surface area (Å²) in [6, 6.07) is 4.18. The lowest BCUT2D eigenvalue weighted by molar-refractivity contribution is -0.384. The highest BCUT2D eigenvalue weighted by atomic mass is 35.5. The molecular formula is C10H5Cl2FN2O4S2. The van der Waals surface area contributed by atoms with Crippen molar-refractivity contribution in [1.82, 2.24) is 0 Å². The van der Waals surface area contributed by atoms with E-state index in [1.165, 1.54) is 6.07 Å². The summed E-state index contributed by atoms with van der Waals surface area (Å²) in [5, 5.41) is 10.8. The predicted molar refractivity (Wildman–Crippen MR) is 78.2 cm³/mol. The lowest BCUT2D eigenvalue weighted by atomic mass is 10.3. The third kappa shape index (κ3) is 3.43. The van der Waals surface area contributed by atoms with E-state index in [4.69, 9.17) is 23.2 Å². The van der Waals surface area contributed by atoms with Crippen LogP contribution in [0.1, 0.15) is 0 Å². The molecule has 1 aromatic carbocycles. The van der Waals surface area contributed by atoms with Gasteiger partial charge in [-0.1, -0.05) is 23.2 Å². The molecule has 1 N–H and O–H groups in total. The topological polar surface area (TPSA) is 89.3 Å². The number of nitrogens with zero attached hydrogens (tertiary/aromatic N) is 1. The molecule has 1 heterocycles. The molecule has 0 aliphatic carbocycles. The maximum absolute atomic E-state index is 13.6. The van der Waals surface area contributed by atoms with Crippen molar-refractivity contribution in [2.24, 2.45) is 0 Å². The van der Waals surface area contributed by atoms with Crippen LogP contribution in [0.3, 0.4) is 0 Å². The van der Waals surface area contributed by atoms with Gasteiger partial charge in [0, 0.05) is 11.1 Å². The lowest BCUT2D eigenvalue weighted by Crippen LogP contribution is -2.12. The smallest absolute Gasteiger partial charge is 0.276 e. The van der Waals surface area contributed by atoms with Crippen LogP contribution in [0.2, 0.25) is 9.36 Å². The number of benzene rings is 1. The quantitative estimate of drug-likeness (QED) is 0.652. The molecule has 0 amide bonds. The molecule has 0 aliphatic rings. The number of hydrogen-bond donors (Lipinski definition) is 1. The number of thiophene rings is 1. The van der Waals surface area contributed by atoms with E-state index in [1.807, 2.05) is 4.72 Å². The van der Waals surface area contributed by atoms with E-state index in [1.54, 1.807) is 0 Å². The highest BCUT2D eigenvalue weighted by Gasteiger charge is 2.26. The number of anilines is 1. The molecule has 0 saturated heterocycles. The Morgan fingerprint density at radius 3 is 2.48 bits per heavy atom. The zero-order valence-corrected chi connectivity index (χ0v) is 13.0. The standard InChI is InChI=1S/C10H5Cl2FN2O4S2/c11-5-1-2-7(6(13)3-5)14-21(18,19)9-4-8(15(16)17)10(12)20-9/h1-4,14H. The van der Waals surface area contributed by atoms with Crippen LogP contribution in [0.25, 0.3) is 0 Å². The van der Waals surface area contributed by atoms with Crippen LogP contribution in [0.15, 0.2) is 28.5 Å². The highest BCUT2D eigenvalue weighted by Crippen LogP contribution is 2.37. The van der Waals surface area contributed by atoms with Crippen molar-refractivity contribution in [2.75, 3.05) is 4.72 Å². The van der Waals surface area contributed by atoms with Crippen LogP contribution in [-0.4, -0.2) is 13.3 Å². The fraction of sp³-hybridized carbons (Fsp3) is 0. The van der Waals surface area contributed by atoms with E-state index in [2.05, 4.69) is 0 Å². The highest BCUT2D eigenvalue weighted by molar-refractivity contribution is 7.94. The molecule has 6 nitrogen and oxygen atoms in total. The Morgan fingerprint density at radius 1 is 1.29 bits per heavy atom. The van der Waals surface area contributed by atoms with Crippen LogP contribution in [-0.2, 0) is 10.0 Å². The third-order valence-corrected chi connectivity index (χ3v) is 5.70. The number of nitro groups is 1. The molecule has 0 unspecified atom stereocenters. The van der Waals surface area contributed by atoms with Crippen molar-refractivity contribution in [3.63, 3.8) is 0 Å². The Kier molecular flexibility index (Phi) is 4.38. The summed E-state index contributed by atoms with van der Waals surface area (Å²) in [7, 11) is -4.19. The molecule has 2 aromatic rings. The van der Waals surface area contributed by atoms with Crippen molar-refractivity contribution >= 4 is 55.9 Å². The van der Waals surface area contributed by atoms with E-state index in [0.29, 0.717) is 11.3 Å². The fourth-order valence-corrected chi connectivity index (χ4v) is 4.25. The van der Waals surface area contributed by atoms with E-state index >= 15 is 0 Å². The van der Waals surface area contributed by atoms with Gasteiger partial charge in [-0.05, 0) is 18.2 Å². The van der Waals surface area contributed by atoms with Gasteiger partial charge in [-0.3, -0.25) is 14.8 Å². The zero-order valence-electron chi connectivity index (χ0n) is 9.84. The summed E-state index contributed by atoms with van der Waals surface area (Å²) in [6.07, 6.45) is 0. The van der Waals surface area contributed by atoms with E-state index in [-0.39, 0.29) is 15.0 Å². The number of nitrogens with one attached hydrogen (secondary N) is 1. The molecule has 2 rings (SSSR count). The molecule has 0 saturated carbocycles. The average Bonchev–Trinajstić information content (AvgIpc) is 2.76. The van der Waals surface area contributed by atoms with Crippen LogP contribution < -0.4 is 4.72 Å². The van der Waals surface area contributed by atoms with Crippen molar-refractivity contribution in [2.45, 2.75) is 4.21 Å². The first-order valence-corrected chi connectivity index (χ1v) is 8.18. The second-order valence-electron chi connectivity index (χ2n) is 3.71. The van der Waals surface area contributed by atoms with Gasteiger partial charge in [0.2, 0.25) is 0 Å². The maximum Gasteiger partial charge on any atom is 0.300 e. The van der Waals surface area contributed by atoms with Crippen LogP contribution in [0.5, 0.6) is 0 Å². The monoisotopic (exact) mass is 370 g/mol. The van der Waals surface area contributed by atoms with Gasteiger partial charge in [-0.15, -0.1) is 11.3 Å². The predicted octanol–water partition coefficient (Wildman–Crippen LogP) is 3.90. The molecule has 0 bridgehead atoms. The Balaban J connectivity index is 2.38. The van der Waals surface area contributed by atoms with Crippen LogP contribution in [0.4, 0.5) is 15.8 Å². The van der Waals surface area contributed by atoms with Crippen molar-refractivity contribution < 1.29 is 17.7 Å². The molecular weight excluding hydrogens is 366 g/mol. The van der Waals surface area contributed by atoms with Gasteiger partial charge in [-0.25, -0.2) is 12.8 Å². The van der Waals surface area contributed by atoms with E-state index in [9.17, 15) is 22.9 Å². The first-order valence-electron chi connectivity index (χ1n) is 5.12. The van der Waals surface area contributed by atoms with Gasteiger partial charge in [0.1, 0.15) is 10.0 Å². The second kappa shape index (κ2) is 5.76. The van der Waals surface area contributed by atoms with Gasteiger partial charge in [0.15, 0.2) is 4.34 Å². The van der Waals surface area contributed by atoms with Crippen molar-refractivity contribution in [1.29, 1.82) is 0 Å². The lowest BCUT2D eigenvalue weighted by Gasteiger charge is -2.07. The van der Waals surface area contributed by atoms with E-state index in [0.717, 1.165) is 18.2 Å². The van der Waals surface area contributed by atoms with Gasteiger partial charge in [0.05, 0.1) is 10.6 Å². The normalized spacial score (nSPS) is 11.4. The number of rotatable bonds is 4. The summed E-state index contributed by atoms with van der Waals surface area (Å²) in [4.78, 5) is 9.85. The SMILES string of the molecule is O=[N+]([O-])c1cc(S(=O)(=O)Nc2ccc(Cl)cc2F)sc1Cl. The number of hydrogen-bond acceptors (Lipinski definition) is 5. The summed E-state index contributed by atoms with van der Waals surface area (Å²) < 4.78 is 39.0. The minimum absolute atomic E-state index is 0.102. The summed E-state index contributed by atoms with van der Waals surface area (Å²) in [5.41, 5.74) is -0.856.